The summed E-state index contributed by atoms with van der Waals surface area (Å²) in [7, 11) is 2.76. The van der Waals surface area contributed by atoms with Crippen molar-refractivity contribution < 1.29 is 32.9 Å². The molecule has 0 fully saturated rings. The Bertz CT molecular complexity index is 945. The zero-order valence-electron chi connectivity index (χ0n) is 14.4. The van der Waals surface area contributed by atoms with Crippen molar-refractivity contribution in [2.45, 2.75) is 18.9 Å². The van der Waals surface area contributed by atoms with Crippen molar-refractivity contribution in [3.8, 4) is 23.0 Å². The molecule has 0 aliphatic carbocycles. The summed E-state index contributed by atoms with van der Waals surface area (Å²) in [5, 5.41) is 0. The van der Waals surface area contributed by atoms with Crippen LogP contribution < -0.4 is 24.6 Å². The van der Waals surface area contributed by atoms with Crippen LogP contribution >= 0.6 is 0 Å². The average Bonchev–Trinajstić information content (AvgIpc) is 3.24. The Balaban J connectivity index is 1.91. The summed E-state index contributed by atoms with van der Waals surface area (Å²) in [5.74, 6) is 0.743. The minimum absolute atomic E-state index is 0.0642. The lowest BCUT2D eigenvalue weighted by molar-refractivity contribution is -0.148. The van der Waals surface area contributed by atoms with E-state index in [2.05, 4.69) is 0 Å². The number of fused-ring (bicyclic) bond motifs is 2. The number of aryl methyl sites for hydroxylation is 1. The highest BCUT2D eigenvalue weighted by Crippen LogP contribution is 2.48. The van der Waals surface area contributed by atoms with Gasteiger partial charge in [-0.1, -0.05) is 0 Å². The number of ether oxygens (including phenoxy) is 5. The van der Waals surface area contributed by atoms with Crippen LogP contribution in [-0.2, 0) is 9.53 Å². The second-order valence-corrected chi connectivity index (χ2v) is 5.92. The first-order chi connectivity index (χ1) is 12.5. The van der Waals surface area contributed by atoms with Gasteiger partial charge in [0.2, 0.25) is 18.6 Å². The van der Waals surface area contributed by atoms with E-state index < -0.39 is 23.6 Å². The Morgan fingerprint density at radius 2 is 1.96 bits per heavy atom. The van der Waals surface area contributed by atoms with Crippen LogP contribution in [-0.4, -0.2) is 33.1 Å². The first kappa shape index (κ1) is 16.3. The van der Waals surface area contributed by atoms with E-state index in [9.17, 15) is 9.59 Å². The number of hydrogen-bond acceptors (Lipinski definition) is 8. The zero-order chi connectivity index (χ0) is 18.4. The van der Waals surface area contributed by atoms with Gasteiger partial charge in [-0.2, -0.15) is 0 Å². The second-order valence-electron chi connectivity index (χ2n) is 5.92. The monoisotopic (exact) mass is 360 g/mol. The van der Waals surface area contributed by atoms with E-state index in [1.54, 1.807) is 25.1 Å². The lowest BCUT2D eigenvalue weighted by Gasteiger charge is -2.18. The molecular formula is C18H16O8. The Morgan fingerprint density at radius 3 is 2.69 bits per heavy atom. The highest BCUT2D eigenvalue weighted by Gasteiger charge is 2.45. The molecule has 0 bridgehead atoms. The maximum Gasteiger partial charge on any atom is 0.348 e. The standard InChI is InChI=1S/C18H16O8/c1-8-4-10-14(17(19)25-8)13(16(26-10)18(20)22-3)9-5-11(21-2)15-12(6-9)23-7-24-15/h4-6,13,16H,7H2,1-3H3. The van der Waals surface area contributed by atoms with Crippen LogP contribution in [0.3, 0.4) is 0 Å². The van der Waals surface area contributed by atoms with Crippen LogP contribution in [0, 0.1) is 6.92 Å². The minimum atomic E-state index is -1.02. The van der Waals surface area contributed by atoms with E-state index in [1.165, 1.54) is 14.2 Å². The third kappa shape index (κ3) is 2.37. The van der Waals surface area contributed by atoms with Crippen molar-refractivity contribution in [1.29, 1.82) is 0 Å². The molecule has 4 rings (SSSR count). The smallest absolute Gasteiger partial charge is 0.348 e. The van der Waals surface area contributed by atoms with Gasteiger partial charge < -0.3 is 28.1 Å². The fourth-order valence-electron chi connectivity index (χ4n) is 3.30. The number of esters is 1. The van der Waals surface area contributed by atoms with Crippen LogP contribution in [0.15, 0.2) is 27.4 Å². The van der Waals surface area contributed by atoms with Crippen molar-refractivity contribution in [2.24, 2.45) is 0 Å². The molecule has 2 aromatic rings. The normalized spacial score (nSPS) is 19.7. The quantitative estimate of drug-likeness (QED) is 0.765. The predicted octanol–water partition coefficient (Wildman–Crippen LogP) is 1.75. The Kier molecular flexibility index (Phi) is 3.75. The van der Waals surface area contributed by atoms with Crippen molar-refractivity contribution in [3.05, 3.63) is 45.5 Å². The third-order valence-electron chi connectivity index (χ3n) is 4.41. The first-order valence-electron chi connectivity index (χ1n) is 7.90. The predicted molar refractivity (Wildman–Crippen MR) is 87.1 cm³/mol. The van der Waals surface area contributed by atoms with E-state index in [-0.39, 0.29) is 12.4 Å². The molecule has 0 amide bonds. The molecule has 0 saturated heterocycles. The molecular weight excluding hydrogens is 344 g/mol. The number of carbonyl (C=O) groups is 1. The summed E-state index contributed by atoms with van der Waals surface area (Å²) >= 11 is 0. The minimum Gasteiger partial charge on any atom is -0.493 e. The molecule has 0 N–H and O–H groups in total. The number of hydrogen-bond donors (Lipinski definition) is 0. The Morgan fingerprint density at radius 1 is 1.15 bits per heavy atom. The molecule has 26 heavy (non-hydrogen) atoms. The van der Waals surface area contributed by atoms with E-state index in [1.807, 2.05) is 0 Å². The van der Waals surface area contributed by atoms with Gasteiger partial charge in [0, 0.05) is 6.07 Å². The van der Waals surface area contributed by atoms with E-state index in [4.69, 9.17) is 28.1 Å². The topological polar surface area (TPSA) is 93.4 Å². The second kappa shape index (κ2) is 5.98. The summed E-state index contributed by atoms with van der Waals surface area (Å²) in [6.07, 6.45) is -1.02. The van der Waals surface area contributed by atoms with Gasteiger partial charge in [0.15, 0.2) is 11.5 Å². The highest BCUT2D eigenvalue weighted by atomic mass is 16.7. The number of carbonyl (C=O) groups excluding carboxylic acids is 1. The van der Waals surface area contributed by atoms with E-state index in [0.717, 1.165) is 0 Å². The summed E-state index contributed by atoms with van der Waals surface area (Å²) in [6, 6.07) is 4.96. The van der Waals surface area contributed by atoms with Crippen molar-refractivity contribution in [1.82, 2.24) is 0 Å². The van der Waals surface area contributed by atoms with Gasteiger partial charge in [-0.25, -0.2) is 9.59 Å². The molecule has 1 aromatic heterocycles. The fraction of sp³-hybridized carbons (Fsp3) is 0.333. The molecule has 8 heteroatoms. The van der Waals surface area contributed by atoms with Gasteiger partial charge >= 0.3 is 11.6 Å². The van der Waals surface area contributed by atoms with Gasteiger partial charge in [-0.15, -0.1) is 0 Å². The zero-order valence-corrected chi connectivity index (χ0v) is 14.4. The molecule has 0 spiro atoms. The Hall–Kier alpha value is -3.16. The van der Waals surface area contributed by atoms with Crippen molar-refractivity contribution in [2.75, 3.05) is 21.0 Å². The Labute approximate surface area is 148 Å². The first-order valence-corrected chi connectivity index (χ1v) is 7.90. The third-order valence-corrected chi connectivity index (χ3v) is 4.41. The number of rotatable bonds is 3. The van der Waals surface area contributed by atoms with Gasteiger partial charge in [0.05, 0.1) is 25.7 Å². The molecule has 2 unspecified atom stereocenters. The van der Waals surface area contributed by atoms with E-state index >= 15 is 0 Å². The average molecular weight is 360 g/mol. The van der Waals surface area contributed by atoms with Crippen LogP contribution in [0.1, 0.15) is 22.8 Å². The summed E-state index contributed by atoms with van der Waals surface area (Å²) < 4.78 is 32.0. The SMILES string of the molecule is COC(=O)C1Oc2cc(C)oc(=O)c2C1c1cc(OC)c2c(c1)OCO2. The van der Waals surface area contributed by atoms with Crippen molar-refractivity contribution >= 4 is 5.97 Å². The number of benzene rings is 1. The maximum absolute atomic E-state index is 12.5. The van der Waals surface area contributed by atoms with Crippen molar-refractivity contribution in [3.63, 3.8) is 0 Å². The van der Waals surface area contributed by atoms with Crippen LogP contribution in [0.4, 0.5) is 0 Å². The van der Waals surface area contributed by atoms with Crippen LogP contribution in [0.5, 0.6) is 23.0 Å². The molecule has 1 aromatic carbocycles. The van der Waals surface area contributed by atoms with Crippen LogP contribution in [0.25, 0.3) is 0 Å². The lowest BCUT2D eigenvalue weighted by Crippen LogP contribution is -2.31. The van der Waals surface area contributed by atoms with Crippen LogP contribution in [0.2, 0.25) is 0 Å². The lowest BCUT2D eigenvalue weighted by atomic mass is 9.88. The molecule has 3 heterocycles. The molecule has 2 atom stereocenters. The molecule has 8 nitrogen and oxygen atoms in total. The summed E-state index contributed by atoms with van der Waals surface area (Å²) in [6.45, 7) is 1.70. The number of methoxy groups -OCH3 is 2. The van der Waals surface area contributed by atoms with Gasteiger partial charge in [0.25, 0.3) is 0 Å². The molecule has 2 aliphatic rings. The summed E-state index contributed by atoms with van der Waals surface area (Å²) in [4.78, 5) is 24.8. The van der Waals surface area contributed by atoms with E-state index in [0.29, 0.717) is 34.3 Å². The highest BCUT2D eigenvalue weighted by molar-refractivity contribution is 5.79. The molecule has 0 saturated carbocycles. The summed E-state index contributed by atoms with van der Waals surface area (Å²) in [5.41, 5.74) is 0.288. The molecule has 0 radical (unpaired) electrons. The molecule has 2 aliphatic heterocycles. The van der Waals surface area contributed by atoms with Gasteiger partial charge in [-0.05, 0) is 24.6 Å². The van der Waals surface area contributed by atoms with Gasteiger partial charge in [0.1, 0.15) is 11.5 Å². The fourth-order valence-corrected chi connectivity index (χ4v) is 3.30. The van der Waals surface area contributed by atoms with Gasteiger partial charge in [-0.3, -0.25) is 0 Å². The molecule has 136 valence electrons. The largest absolute Gasteiger partial charge is 0.493 e. The maximum atomic E-state index is 12.5.